The Kier molecular flexibility index (Phi) is 7.17. The maximum atomic E-state index is 12.3. The van der Waals surface area contributed by atoms with E-state index in [0.717, 1.165) is 4.47 Å². The summed E-state index contributed by atoms with van der Waals surface area (Å²) < 4.78 is 6.62. The minimum Gasteiger partial charge on any atom is -0.481 e. The molecule has 2 N–H and O–H groups in total. The highest BCUT2D eigenvalue weighted by Crippen LogP contribution is 2.23. The molecule has 0 spiro atoms. The minimum absolute atomic E-state index is 0.0556. The van der Waals surface area contributed by atoms with Gasteiger partial charge < -0.3 is 15.2 Å². The molecule has 0 bridgehead atoms. The van der Waals surface area contributed by atoms with Crippen molar-refractivity contribution in [1.82, 2.24) is 0 Å². The van der Waals surface area contributed by atoms with E-state index in [2.05, 4.69) is 21.2 Å². The van der Waals surface area contributed by atoms with Crippen molar-refractivity contribution in [3.63, 3.8) is 0 Å². The molecule has 0 aliphatic rings. The number of ether oxygens (including phenoxy) is 1. The lowest BCUT2D eigenvalue weighted by Crippen LogP contribution is -2.13. The van der Waals surface area contributed by atoms with Crippen LogP contribution in [0.3, 0.4) is 0 Å². The van der Waals surface area contributed by atoms with E-state index in [9.17, 15) is 14.9 Å². The number of carboxylic acids is 1. The zero-order chi connectivity index (χ0) is 19.1. The van der Waals surface area contributed by atoms with E-state index < -0.39 is 18.5 Å². The third kappa shape index (κ3) is 5.86. The monoisotopic (exact) mass is 526 g/mol. The zero-order valence-electron chi connectivity index (χ0n) is 13.2. The maximum Gasteiger partial charge on any atom is 0.341 e. The maximum absolute atomic E-state index is 12.3. The van der Waals surface area contributed by atoms with Crippen molar-refractivity contribution in [2.24, 2.45) is 0 Å². The lowest BCUT2D eigenvalue weighted by molar-refractivity contribution is -0.139. The largest absolute Gasteiger partial charge is 0.481 e. The van der Waals surface area contributed by atoms with Crippen molar-refractivity contribution in [3.8, 4) is 11.8 Å². The van der Waals surface area contributed by atoms with Crippen molar-refractivity contribution in [2.45, 2.75) is 0 Å². The highest BCUT2D eigenvalue weighted by Gasteiger charge is 2.11. The smallest absolute Gasteiger partial charge is 0.341 e. The van der Waals surface area contributed by atoms with Gasteiger partial charge in [0.25, 0.3) is 5.91 Å². The summed E-state index contributed by atoms with van der Waals surface area (Å²) in [5, 5.41) is 20.6. The van der Waals surface area contributed by atoms with E-state index in [4.69, 9.17) is 9.84 Å². The predicted molar refractivity (Wildman–Crippen MR) is 109 cm³/mol. The summed E-state index contributed by atoms with van der Waals surface area (Å²) in [4.78, 5) is 22.8. The molecule has 0 radical (unpaired) electrons. The van der Waals surface area contributed by atoms with Gasteiger partial charge in [0.05, 0.1) is 3.57 Å². The number of carbonyl (C=O) groups is 2. The normalized spacial score (nSPS) is 10.7. The molecule has 0 atom stereocenters. The quantitative estimate of drug-likeness (QED) is 0.336. The topological polar surface area (TPSA) is 99.4 Å². The van der Waals surface area contributed by atoms with E-state index in [-0.39, 0.29) is 5.57 Å². The molecule has 0 saturated carbocycles. The number of rotatable bonds is 6. The van der Waals surface area contributed by atoms with Crippen LogP contribution in [-0.2, 0) is 9.59 Å². The first-order valence-corrected chi connectivity index (χ1v) is 9.09. The van der Waals surface area contributed by atoms with Crippen molar-refractivity contribution >= 4 is 62.2 Å². The second-order valence-electron chi connectivity index (χ2n) is 5.01. The van der Waals surface area contributed by atoms with Gasteiger partial charge in [-0.25, -0.2) is 4.79 Å². The van der Waals surface area contributed by atoms with Crippen LogP contribution in [-0.4, -0.2) is 23.6 Å². The highest BCUT2D eigenvalue weighted by molar-refractivity contribution is 14.1. The second-order valence-corrected chi connectivity index (χ2v) is 7.08. The number of carboxylic acid groups (broad SMARTS) is 1. The Labute approximate surface area is 171 Å². The van der Waals surface area contributed by atoms with Gasteiger partial charge in [-0.3, -0.25) is 4.79 Å². The summed E-state index contributed by atoms with van der Waals surface area (Å²) >= 11 is 5.31. The Hall–Kier alpha value is -2.38. The van der Waals surface area contributed by atoms with Gasteiger partial charge >= 0.3 is 5.97 Å². The number of hydrogen-bond donors (Lipinski definition) is 2. The van der Waals surface area contributed by atoms with Crippen molar-refractivity contribution in [1.29, 1.82) is 5.26 Å². The Morgan fingerprint density at radius 2 is 2.08 bits per heavy atom. The van der Waals surface area contributed by atoms with Gasteiger partial charge in [0, 0.05) is 10.2 Å². The lowest BCUT2D eigenvalue weighted by atomic mass is 10.1. The SMILES string of the molecule is N#C/C(=C/c1ccc(OCC(=O)O)c(I)c1)C(=O)Nc1cccc(Br)c1. The standard InChI is InChI=1S/C18H12BrIN2O4/c19-13-2-1-3-14(8-13)22-18(25)12(9-21)6-11-4-5-16(15(20)7-11)26-10-17(23)24/h1-8H,10H2,(H,22,25)(H,23,24)/b12-6-. The van der Waals surface area contributed by atoms with Crippen LogP contribution >= 0.6 is 38.5 Å². The summed E-state index contributed by atoms with van der Waals surface area (Å²) in [7, 11) is 0. The third-order valence-corrected chi connectivity index (χ3v) is 4.40. The Morgan fingerprint density at radius 3 is 2.69 bits per heavy atom. The van der Waals surface area contributed by atoms with Crippen molar-refractivity contribution in [3.05, 3.63) is 61.6 Å². The number of benzene rings is 2. The Bertz CT molecular complexity index is 922. The molecule has 0 unspecified atom stereocenters. The molecule has 1 amide bonds. The average molecular weight is 527 g/mol. The predicted octanol–water partition coefficient (Wildman–Crippen LogP) is 4.06. The Morgan fingerprint density at radius 1 is 1.31 bits per heavy atom. The number of nitrogens with one attached hydrogen (secondary N) is 1. The number of anilines is 1. The lowest BCUT2D eigenvalue weighted by Gasteiger charge is -2.07. The summed E-state index contributed by atoms with van der Waals surface area (Å²) in [5.74, 6) is -1.17. The number of hydrogen-bond acceptors (Lipinski definition) is 4. The van der Waals surface area contributed by atoms with Gasteiger partial charge in [-0.2, -0.15) is 5.26 Å². The molecule has 0 heterocycles. The first-order chi connectivity index (χ1) is 12.4. The van der Waals surface area contributed by atoms with Crippen LogP contribution in [0.1, 0.15) is 5.56 Å². The molecule has 6 nitrogen and oxygen atoms in total. The zero-order valence-corrected chi connectivity index (χ0v) is 16.9. The van der Waals surface area contributed by atoms with Gasteiger partial charge in [-0.05, 0) is 64.6 Å². The van der Waals surface area contributed by atoms with Crippen molar-refractivity contribution < 1.29 is 19.4 Å². The summed E-state index contributed by atoms with van der Waals surface area (Å²) in [5.41, 5.74) is 1.13. The Balaban J connectivity index is 2.17. The van der Waals surface area contributed by atoms with Gasteiger partial charge in [0.2, 0.25) is 0 Å². The van der Waals surface area contributed by atoms with Crippen molar-refractivity contribution in [2.75, 3.05) is 11.9 Å². The molecular formula is C18H12BrIN2O4. The van der Waals surface area contributed by atoms with Crippen LogP contribution in [0.2, 0.25) is 0 Å². The first-order valence-electron chi connectivity index (χ1n) is 7.22. The summed E-state index contributed by atoms with van der Waals surface area (Å²) in [6.07, 6.45) is 1.45. The van der Waals surface area contributed by atoms with Crippen LogP contribution in [0, 0.1) is 14.9 Å². The molecule has 2 aromatic carbocycles. The van der Waals surface area contributed by atoms with E-state index in [1.54, 1.807) is 36.4 Å². The number of carbonyl (C=O) groups excluding carboxylic acids is 1. The molecule has 0 fully saturated rings. The number of nitriles is 1. The molecule has 0 aliphatic heterocycles. The fourth-order valence-corrected chi connectivity index (χ4v) is 3.04. The van der Waals surface area contributed by atoms with Crippen LogP contribution < -0.4 is 10.1 Å². The fraction of sp³-hybridized carbons (Fsp3) is 0.0556. The molecule has 8 heteroatoms. The minimum atomic E-state index is -1.07. The van der Waals surface area contributed by atoms with Gasteiger partial charge in [-0.15, -0.1) is 0 Å². The van der Waals surface area contributed by atoms with E-state index in [1.807, 2.05) is 34.7 Å². The fourth-order valence-electron chi connectivity index (χ4n) is 1.94. The van der Waals surface area contributed by atoms with E-state index in [0.29, 0.717) is 20.6 Å². The summed E-state index contributed by atoms with van der Waals surface area (Å²) in [6, 6.07) is 13.9. The van der Waals surface area contributed by atoms with Crippen LogP contribution in [0.5, 0.6) is 5.75 Å². The number of nitrogens with zero attached hydrogens (tertiary/aromatic N) is 1. The van der Waals surface area contributed by atoms with Crippen LogP contribution in [0.15, 0.2) is 52.5 Å². The molecule has 2 aromatic rings. The second kappa shape index (κ2) is 9.35. The van der Waals surface area contributed by atoms with Crippen LogP contribution in [0.4, 0.5) is 5.69 Å². The third-order valence-electron chi connectivity index (χ3n) is 3.07. The molecule has 0 saturated heterocycles. The molecule has 0 aliphatic carbocycles. The van der Waals surface area contributed by atoms with Gasteiger partial charge in [0.1, 0.15) is 17.4 Å². The summed E-state index contributed by atoms with van der Waals surface area (Å²) in [6.45, 7) is -0.441. The molecule has 26 heavy (non-hydrogen) atoms. The number of aliphatic carboxylic acids is 1. The van der Waals surface area contributed by atoms with Crippen LogP contribution in [0.25, 0.3) is 6.08 Å². The van der Waals surface area contributed by atoms with E-state index >= 15 is 0 Å². The molecule has 0 aromatic heterocycles. The number of amides is 1. The van der Waals surface area contributed by atoms with E-state index in [1.165, 1.54) is 6.08 Å². The molecule has 2 rings (SSSR count). The average Bonchev–Trinajstić information content (AvgIpc) is 2.58. The number of halogens is 2. The van der Waals surface area contributed by atoms with Gasteiger partial charge in [0.15, 0.2) is 6.61 Å². The highest BCUT2D eigenvalue weighted by atomic mass is 127. The molecule has 132 valence electrons. The van der Waals surface area contributed by atoms with Gasteiger partial charge in [-0.1, -0.05) is 28.1 Å². The first kappa shape index (κ1) is 19.9. The molecular weight excluding hydrogens is 515 g/mol.